The molecule has 4 aliphatic rings. The van der Waals surface area contributed by atoms with Gasteiger partial charge < -0.3 is 19.1 Å². The van der Waals surface area contributed by atoms with Crippen LogP contribution in [0.3, 0.4) is 0 Å². The molecule has 41 heavy (non-hydrogen) atoms. The lowest BCUT2D eigenvalue weighted by Gasteiger charge is -2.51. The fourth-order valence-corrected chi connectivity index (χ4v) is 8.03. The molecule has 2 bridgehead atoms. The van der Waals surface area contributed by atoms with Crippen molar-refractivity contribution in [1.82, 2.24) is 0 Å². The van der Waals surface area contributed by atoms with E-state index in [2.05, 4.69) is 47.8 Å². The van der Waals surface area contributed by atoms with Crippen LogP contribution >= 0.6 is 0 Å². The third-order valence-electron chi connectivity index (χ3n) is 9.29. The highest BCUT2D eigenvalue weighted by atomic mass is 32.2. The minimum absolute atomic E-state index is 0.170. The maximum atomic E-state index is 13.4. The van der Waals surface area contributed by atoms with Crippen molar-refractivity contribution in [2.24, 2.45) is 5.92 Å². The minimum Gasteiger partial charge on any atom is -0.744 e. The first kappa shape index (κ1) is 27.4. The quantitative estimate of drug-likeness (QED) is 0.285. The molecule has 3 heterocycles. The number of nitrogens with one attached hydrogen (secondary N) is 1. The molecule has 1 aliphatic carbocycles. The first-order valence-electron chi connectivity index (χ1n) is 13.7. The predicted octanol–water partition coefficient (Wildman–Crippen LogP) is 4.07. The minimum atomic E-state index is -4.27. The zero-order valence-corrected chi connectivity index (χ0v) is 23.8. The van der Waals surface area contributed by atoms with Crippen molar-refractivity contribution in [3.63, 3.8) is 0 Å². The Morgan fingerprint density at radius 3 is 2.41 bits per heavy atom. The van der Waals surface area contributed by atoms with Crippen LogP contribution in [0.25, 0.3) is 0 Å². The van der Waals surface area contributed by atoms with Gasteiger partial charge in [0.15, 0.2) is 5.78 Å². The molecular formula is C32H32N2O6S. The molecule has 3 aromatic carbocycles. The molecule has 2 saturated heterocycles. The summed E-state index contributed by atoms with van der Waals surface area (Å²) >= 11 is 0. The second-order valence-electron chi connectivity index (χ2n) is 11.5. The molecule has 0 aromatic heterocycles. The number of nitrogens with zero attached hydrogens (tertiary/aromatic N) is 1. The number of rotatable bonds is 4. The summed E-state index contributed by atoms with van der Waals surface area (Å²) in [6.07, 6.45) is 1.65. The van der Waals surface area contributed by atoms with E-state index in [0.717, 1.165) is 47.4 Å². The highest BCUT2D eigenvalue weighted by molar-refractivity contribution is 7.85. The molecule has 0 saturated carbocycles. The van der Waals surface area contributed by atoms with Crippen molar-refractivity contribution in [1.29, 1.82) is 0 Å². The van der Waals surface area contributed by atoms with Crippen LogP contribution in [0, 0.1) is 12.8 Å². The van der Waals surface area contributed by atoms with Gasteiger partial charge in [-0.1, -0.05) is 66.2 Å². The number of carbonyl (C=O) groups is 2. The number of fused-ring (bicyclic) bond motifs is 2. The standard InChI is InChI=1S/C25H24N2O3.C7H8O3S/c1-30-24(29)22-17-13-21-25(18-9-5-6-10-19(18)26-23(22)25)11-12-27(21,15-20(17)28)14-16-7-3-2-4-8-16;1-6-2-4-7(5-3-6)11(8,9)10/h2-10,17,21H,11-15H2,1H3;2-5H,1H3,(H,8,9,10)/t17-,21-,25+,27?;/m0./s1. The zero-order valence-electron chi connectivity index (χ0n) is 23.0. The van der Waals surface area contributed by atoms with E-state index in [4.69, 9.17) is 4.74 Å². The van der Waals surface area contributed by atoms with E-state index in [9.17, 15) is 22.6 Å². The number of para-hydroxylation sites is 1. The Hall–Kier alpha value is -3.79. The second-order valence-corrected chi connectivity index (χ2v) is 12.8. The van der Waals surface area contributed by atoms with Crippen LogP contribution in [0.1, 0.15) is 29.5 Å². The molecule has 0 radical (unpaired) electrons. The summed E-state index contributed by atoms with van der Waals surface area (Å²) < 4.78 is 37.1. The Labute approximate surface area is 240 Å². The number of aryl methyl sites for hydroxylation is 1. The monoisotopic (exact) mass is 572 g/mol. The molecule has 2 fully saturated rings. The predicted molar refractivity (Wildman–Crippen MR) is 152 cm³/mol. The lowest BCUT2D eigenvalue weighted by Crippen LogP contribution is -2.65. The molecule has 4 atom stereocenters. The Kier molecular flexibility index (Phi) is 6.64. The molecular weight excluding hydrogens is 540 g/mol. The van der Waals surface area contributed by atoms with Gasteiger partial charge in [-0.05, 0) is 30.7 Å². The van der Waals surface area contributed by atoms with Crippen LogP contribution in [-0.4, -0.2) is 55.4 Å². The van der Waals surface area contributed by atoms with E-state index in [1.165, 1.54) is 30.4 Å². The van der Waals surface area contributed by atoms with Gasteiger partial charge in [-0.3, -0.25) is 4.79 Å². The Morgan fingerprint density at radius 2 is 1.73 bits per heavy atom. The molecule has 1 spiro atoms. The average molecular weight is 573 g/mol. The number of hydrogen-bond donors (Lipinski definition) is 1. The topological polar surface area (TPSA) is 113 Å². The number of methoxy groups -OCH3 is 1. The number of benzene rings is 3. The molecule has 1 unspecified atom stereocenters. The van der Waals surface area contributed by atoms with E-state index in [-0.39, 0.29) is 34.0 Å². The van der Waals surface area contributed by atoms with Crippen LogP contribution in [0.5, 0.6) is 0 Å². The molecule has 9 heteroatoms. The Morgan fingerprint density at radius 1 is 1.05 bits per heavy atom. The van der Waals surface area contributed by atoms with Crippen molar-refractivity contribution in [2.75, 3.05) is 25.5 Å². The maximum Gasteiger partial charge on any atom is 0.336 e. The SMILES string of the molecule is COC(=O)C1=C2Nc3ccccc3[C@@]23CC[N+]2(Cc4ccccc4)CC(=O)[C@@H]1C[C@@H]32.Cc1ccc(S(=O)(=O)[O-])cc1. The number of piperidine rings is 1. The normalized spacial score (nSPS) is 27.2. The van der Waals surface area contributed by atoms with Crippen molar-refractivity contribution >= 4 is 27.6 Å². The molecule has 8 nitrogen and oxygen atoms in total. The van der Waals surface area contributed by atoms with E-state index < -0.39 is 10.1 Å². The average Bonchev–Trinajstić information content (AvgIpc) is 3.48. The number of quaternary nitrogens is 1. The first-order chi connectivity index (χ1) is 19.6. The largest absolute Gasteiger partial charge is 0.744 e. The van der Waals surface area contributed by atoms with E-state index >= 15 is 0 Å². The number of ketones is 1. The van der Waals surface area contributed by atoms with E-state index in [1.807, 2.05) is 19.1 Å². The lowest BCUT2D eigenvalue weighted by molar-refractivity contribution is -0.950. The summed E-state index contributed by atoms with van der Waals surface area (Å²) in [4.78, 5) is 26.1. The number of ether oxygens (including phenoxy) is 1. The molecule has 7 rings (SSSR count). The third kappa shape index (κ3) is 4.39. The number of anilines is 1. The smallest absolute Gasteiger partial charge is 0.336 e. The molecule has 3 aromatic rings. The number of esters is 1. The molecule has 1 N–H and O–H groups in total. The van der Waals surface area contributed by atoms with Crippen LogP contribution in [-0.2, 0) is 36.4 Å². The van der Waals surface area contributed by atoms with Crippen LogP contribution in [0.2, 0.25) is 0 Å². The summed E-state index contributed by atoms with van der Waals surface area (Å²) in [6.45, 7) is 4.10. The molecule has 3 aliphatic heterocycles. The van der Waals surface area contributed by atoms with E-state index in [1.54, 1.807) is 12.1 Å². The Balaban J connectivity index is 0.000000233. The third-order valence-corrected chi connectivity index (χ3v) is 10.1. The van der Waals surface area contributed by atoms with Gasteiger partial charge in [0.05, 0.1) is 35.5 Å². The fraction of sp³-hybridized carbons (Fsp3) is 0.312. The number of carbonyl (C=O) groups excluding carboxylic acids is 2. The summed E-state index contributed by atoms with van der Waals surface area (Å²) in [6, 6.07) is 25.0. The van der Waals surface area contributed by atoms with E-state index in [0.29, 0.717) is 12.1 Å². The van der Waals surface area contributed by atoms with Crippen LogP contribution in [0.4, 0.5) is 5.69 Å². The summed E-state index contributed by atoms with van der Waals surface area (Å²) in [7, 11) is -2.86. The van der Waals surface area contributed by atoms with Gasteiger partial charge in [-0.15, -0.1) is 0 Å². The van der Waals surface area contributed by atoms with Gasteiger partial charge >= 0.3 is 5.97 Å². The summed E-state index contributed by atoms with van der Waals surface area (Å²) in [5, 5.41) is 3.57. The second kappa shape index (κ2) is 9.94. The van der Waals surface area contributed by atoms with Gasteiger partial charge in [0, 0.05) is 29.8 Å². The maximum absolute atomic E-state index is 13.4. The fourth-order valence-electron chi connectivity index (χ4n) is 7.56. The van der Waals surface area contributed by atoms with Crippen molar-refractivity contribution in [3.05, 3.63) is 107 Å². The van der Waals surface area contributed by atoms with Crippen LogP contribution < -0.4 is 5.32 Å². The summed E-state index contributed by atoms with van der Waals surface area (Å²) in [5.41, 5.74) is 5.78. The van der Waals surface area contributed by atoms with Crippen molar-refractivity contribution < 1.29 is 31.8 Å². The molecule has 212 valence electrons. The first-order valence-corrected chi connectivity index (χ1v) is 15.1. The van der Waals surface area contributed by atoms with Crippen LogP contribution in [0.15, 0.2) is 95.0 Å². The number of hydrogen-bond acceptors (Lipinski definition) is 7. The van der Waals surface area contributed by atoms with Gasteiger partial charge in [0.25, 0.3) is 0 Å². The number of Topliss-reactive ketones (excluding diaryl/α,β-unsaturated/α-hetero) is 1. The lowest BCUT2D eigenvalue weighted by atomic mass is 9.62. The zero-order chi connectivity index (χ0) is 29.0. The van der Waals surface area contributed by atoms with Crippen molar-refractivity contribution in [3.8, 4) is 0 Å². The highest BCUT2D eigenvalue weighted by Gasteiger charge is 2.70. The highest BCUT2D eigenvalue weighted by Crippen LogP contribution is 2.62. The van der Waals surface area contributed by atoms with Gasteiger partial charge in [0.1, 0.15) is 29.2 Å². The van der Waals surface area contributed by atoms with Gasteiger partial charge in [-0.2, -0.15) is 0 Å². The molecule has 0 amide bonds. The van der Waals surface area contributed by atoms with Gasteiger partial charge in [0.2, 0.25) is 0 Å². The van der Waals surface area contributed by atoms with Crippen molar-refractivity contribution in [2.45, 2.75) is 42.7 Å². The van der Waals surface area contributed by atoms with Gasteiger partial charge in [-0.25, -0.2) is 13.2 Å². The Bertz CT molecular complexity index is 1670. The summed E-state index contributed by atoms with van der Waals surface area (Å²) in [5.74, 6) is -0.563.